The first kappa shape index (κ1) is 18.1. The van der Waals surface area contributed by atoms with E-state index in [1.54, 1.807) is 23.1 Å². The first-order chi connectivity index (χ1) is 11.6. The normalized spacial score (nSPS) is 10.4. The van der Waals surface area contributed by atoms with Crippen molar-refractivity contribution in [1.82, 2.24) is 25.2 Å². The number of nitrogens with one attached hydrogen (secondary N) is 1. The minimum Gasteiger partial charge on any atom is -0.466 e. The van der Waals surface area contributed by atoms with E-state index in [4.69, 9.17) is 4.74 Å². The Morgan fingerprint density at radius 1 is 1.54 bits per heavy atom. The average Bonchev–Trinajstić information content (AvgIpc) is 3.15. The van der Waals surface area contributed by atoms with Gasteiger partial charge in [-0.15, -0.1) is 23.0 Å². The van der Waals surface area contributed by atoms with Crippen LogP contribution < -0.4 is 5.32 Å². The van der Waals surface area contributed by atoms with Crippen molar-refractivity contribution in [1.29, 1.82) is 0 Å². The van der Waals surface area contributed by atoms with Crippen LogP contribution >= 0.6 is 23.1 Å². The minimum absolute atomic E-state index is 0.0886. The summed E-state index contributed by atoms with van der Waals surface area (Å²) >= 11 is 2.47. The molecular formula is C13H16N6O3S2. The molecule has 9 nitrogen and oxygen atoms in total. The second-order valence-electron chi connectivity index (χ2n) is 4.39. The summed E-state index contributed by atoms with van der Waals surface area (Å²) in [6.07, 6.45) is 1.76. The molecule has 0 saturated carbocycles. The van der Waals surface area contributed by atoms with Crippen LogP contribution in [0.2, 0.25) is 0 Å². The van der Waals surface area contributed by atoms with Crippen molar-refractivity contribution in [3.05, 3.63) is 23.7 Å². The van der Waals surface area contributed by atoms with Crippen molar-refractivity contribution in [3.63, 3.8) is 0 Å². The van der Waals surface area contributed by atoms with Crippen LogP contribution in [-0.4, -0.2) is 49.4 Å². The van der Waals surface area contributed by atoms with Crippen LogP contribution in [0.15, 0.2) is 23.2 Å². The zero-order chi connectivity index (χ0) is 17.4. The van der Waals surface area contributed by atoms with Crippen molar-refractivity contribution in [3.8, 4) is 0 Å². The number of carbonyl (C=O) groups is 2. The van der Waals surface area contributed by atoms with E-state index in [1.807, 2.05) is 0 Å². The average molecular weight is 368 g/mol. The van der Waals surface area contributed by atoms with E-state index in [9.17, 15) is 9.59 Å². The summed E-state index contributed by atoms with van der Waals surface area (Å²) in [6, 6.07) is 0. The minimum atomic E-state index is -0.342. The molecule has 0 spiro atoms. The zero-order valence-electron chi connectivity index (χ0n) is 13.0. The number of amides is 1. The SMILES string of the molecule is C=CCn1nnnc1SCC(=O)Nc1nc(CC(=O)OCC)cs1. The van der Waals surface area contributed by atoms with E-state index in [-0.39, 0.29) is 24.1 Å². The summed E-state index contributed by atoms with van der Waals surface area (Å²) in [5, 5.41) is 16.6. The highest BCUT2D eigenvalue weighted by atomic mass is 32.2. The van der Waals surface area contributed by atoms with Crippen molar-refractivity contribution in [2.45, 2.75) is 25.0 Å². The lowest BCUT2D eigenvalue weighted by Crippen LogP contribution is -2.15. The Balaban J connectivity index is 1.82. The number of hydrogen-bond donors (Lipinski definition) is 1. The van der Waals surface area contributed by atoms with Crippen LogP contribution in [0.25, 0.3) is 0 Å². The van der Waals surface area contributed by atoms with Crippen LogP contribution in [0, 0.1) is 0 Å². The third kappa shape index (κ3) is 5.42. The molecule has 128 valence electrons. The van der Waals surface area contributed by atoms with E-state index >= 15 is 0 Å². The standard InChI is InChI=1S/C13H16N6O3S2/c1-3-5-19-13(16-17-18-19)24-8-10(20)15-12-14-9(7-23-12)6-11(21)22-4-2/h3,7H,1,4-6,8H2,2H3,(H,14,15,20). The van der Waals surface area contributed by atoms with Gasteiger partial charge in [0.15, 0.2) is 5.13 Å². The highest BCUT2D eigenvalue weighted by molar-refractivity contribution is 7.99. The summed E-state index contributed by atoms with van der Waals surface area (Å²) in [5.41, 5.74) is 0.566. The molecule has 0 aliphatic carbocycles. The molecule has 0 radical (unpaired) electrons. The largest absolute Gasteiger partial charge is 0.466 e. The molecule has 11 heteroatoms. The Hall–Kier alpha value is -2.27. The topological polar surface area (TPSA) is 112 Å². The molecule has 2 rings (SSSR count). The van der Waals surface area contributed by atoms with Crippen molar-refractivity contribution < 1.29 is 14.3 Å². The van der Waals surface area contributed by atoms with Gasteiger partial charge >= 0.3 is 5.97 Å². The maximum Gasteiger partial charge on any atom is 0.311 e. The molecule has 0 unspecified atom stereocenters. The number of rotatable bonds is 9. The van der Waals surface area contributed by atoms with Gasteiger partial charge in [0.1, 0.15) is 0 Å². The molecule has 24 heavy (non-hydrogen) atoms. The van der Waals surface area contributed by atoms with E-state index in [2.05, 4.69) is 32.4 Å². The summed E-state index contributed by atoms with van der Waals surface area (Å²) in [5.74, 6) is -0.430. The molecule has 2 aromatic rings. The first-order valence-corrected chi connectivity index (χ1v) is 8.88. The van der Waals surface area contributed by atoms with Gasteiger partial charge in [0.05, 0.1) is 31.0 Å². The van der Waals surface area contributed by atoms with Crippen molar-refractivity contribution >= 4 is 40.1 Å². The number of esters is 1. The quantitative estimate of drug-likeness (QED) is 0.398. The van der Waals surface area contributed by atoms with Crippen LogP contribution in [0.1, 0.15) is 12.6 Å². The van der Waals surface area contributed by atoms with Gasteiger partial charge in [-0.2, -0.15) is 0 Å². The summed E-state index contributed by atoms with van der Waals surface area (Å²) in [6.45, 7) is 6.16. The van der Waals surface area contributed by atoms with E-state index in [1.165, 1.54) is 23.1 Å². The lowest BCUT2D eigenvalue weighted by molar-refractivity contribution is -0.142. The van der Waals surface area contributed by atoms with E-state index < -0.39 is 0 Å². The number of hydrogen-bond acceptors (Lipinski definition) is 9. The number of tetrazole rings is 1. The Morgan fingerprint density at radius 2 is 2.38 bits per heavy atom. The number of nitrogens with zero attached hydrogens (tertiary/aromatic N) is 5. The van der Waals surface area contributed by atoms with Gasteiger partial charge < -0.3 is 10.1 Å². The molecule has 0 atom stereocenters. The maximum absolute atomic E-state index is 12.0. The second-order valence-corrected chi connectivity index (χ2v) is 6.20. The Bertz CT molecular complexity index is 714. The lowest BCUT2D eigenvalue weighted by Gasteiger charge is -2.02. The van der Waals surface area contributed by atoms with Crippen LogP contribution in [0.5, 0.6) is 0 Å². The maximum atomic E-state index is 12.0. The van der Waals surface area contributed by atoms with Crippen LogP contribution in [0.3, 0.4) is 0 Å². The number of aromatic nitrogens is 5. The molecule has 1 amide bonds. The Kier molecular flexibility index (Phi) is 6.88. The molecule has 0 fully saturated rings. The predicted octanol–water partition coefficient (Wildman–Crippen LogP) is 1.15. The first-order valence-electron chi connectivity index (χ1n) is 7.02. The number of thiazole rings is 1. The molecule has 1 N–H and O–H groups in total. The van der Waals surface area contributed by atoms with Gasteiger partial charge in [-0.1, -0.05) is 17.8 Å². The van der Waals surface area contributed by atoms with Crippen LogP contribution in [-0.2, 0) is 27.3 Å². The number of ether oxygens (including phenoxy) is 1. The fraction of sp³-hybridized carbons (Fsp3) is 0.385. The number of allylic oxidation sites excluding steroid dienone is 1. The molecule has 0 aromatic carbocycles. The molecule has 0 saturated heterocycles. The number of thioether (sulfide) groups is 1. The van der Waals surface area contributed by atoms with E-state index in [0.29, 0.717) is 29.1 Å². The van der Waals surface area contributed by atoms with Gasteiger partial charge in [-0.05, 0) is 17.4 Å². The number of carbonyl (C=O) groups excluding carboxylic acids is 2. The Morgan fingerprint density at radius 3 is 3.12 bits per heavy atom. The molecule has 2 heterocycles. The van der Waals surface area contributed by atoms with Gasteiger partial charge in [0.2, 0.25) is 11.1 Å². The van der Waals surface area contributed by atoms with E-state index in [0.717, 1.165) is 0 Å². The monoisotopic (exact) mass is 368 g/mol. The Labute approximate surface area is 146 Å². The predicted molar refractivity (Wildman–Crippen MR) is 89.8 cm³/mol. The summed E-state index contributed by atoms with van der Waals surface area (Å²) < 4.78 is 6.40. The van der Waals surface area contributed by atoms with Crippen molar-refractivity contribution in [2.75, 3.05) is 17.7 Å². The van der Waals surface area contributed by atoms with Gasteiger partial charge in [0.25, 0.3) is 0 Å². The third-order valence-corrected chi connectivity index (χ3v) is 4.33. The fourth-order valence-corrected chi connectivity index (χ4v) is 3.04. The van der Waals surface area contributed by atoms with Gasteiger partial charge in [-0.3, -0.25) is 9.59 Å². The summed E-state index contributed by atoms with van der Waals surface area (Å²) in [7, 11) is 0. The molecule has 0 bridgehead atoms. The highest BCUT2D eigenvalue weighted by Gasteiger charge is 2.12. The third-order valence-electron chi connectivity index (χ3n) is 2.56. The van der Waals surface area contributed by atoms with Crippen LogP contribution in [0.4, 0.5) is 5.13 Å². The number of anilines is 1. The van der Waals surface area contributed by atoms with Crippen molar-refractivity contribution in [2.24, 2.45) is 0 Å². The fourth-order valence-electron chi connectivity index (χ4n) is 1.63. The molecule has 0 aliphatic heterocycles. The summed E-state index contributed by atoms with van der Waals surface area (Å²) in [4.78, 5) is 27.5. The lowest BCUT2D eigenvalue weighted by atomic mass is 10.3. The molecule has 2 aromatic heterocycles. The van der Waals surface area contributed by atoms with Gasteiger partial charge in [-0.25, -0.2) is 9.67 Å². The second kappa shape index (κ2) is 9.13. The highest BCUT2D eigenvalue weighted by Crippen LogP contribution is 2.18. The molecular weight excluding hydrogens is 352 g/mol. The smallest absolute Gasteiger partial charge is 0.311 e. The molecule has 0 aliphatic rings. The van der Waals surface area contributed by atoms with Gasteiger partial charge in [0, 0.05) is 5.38 Å². The zero-order valence-corrected chi connectivity index (χ0v) is 14.6.